The Morgan fingerprint density at radius 3 is 2.82 bits per heavy atom. The number of hydrogen-bond acceptors (Lipinski definition) is 4. The van der Waals surface area contributed by atoms with Gasteiger partial charge < -0.3 is 15.1 Å². The third-order valence-corrected chi connectivity index (χ3v) is 4.86. The number of benzene rings is 1. The molecule has 120 valence electrons. The Morgan fingerprint density at radius 2 is 2.14 bits per heavy atom. The highest BCUT2D eigenvalue weighted by Gasteiger charge is 2.34. The summed E-state index contributed by atoms with van der Waals surface area (Å²) < 4.78 is 0. The highest BCUT2D eigenvalue weighted by molar-refractivity contribution is 8.00. The first kappa shape index (κ1) is 16.8. The fraction of sp³-hybridized carbons (Fsp3) is 0.500. The van der Waals surface area contributed by atoms with E-state index in [2.05, 4.69) is 5.32 Å². The standard InChI is InChI=1S/C16H23N3O2S/c1-12-6-4-5-7-13(12)16-19(15(21)11-22-16)10-14(20)17-8-9-18(2)3/h4-7,16H,8-11H2,1-3H3,(H,17,20)/t16-/m0/s1. The first-order chi connectivity index (χ1) is 10.5. The van der Waals surface area contributed by atoms with Gasteiger partial charge in [-0.05, 0) is 32.1 Å². The number of carbonyl (C=O) groups is 2. The molecule has 2 amide bonds. The molecule has 1 aliphatic rings. The Morgan fingerprint density at radius 1 is 1.41 bits per heavy atom. The van der Waals surface area contributed by atoms with Crippen LogP contribution in [0.4, 0.5) is 0 Å². The van der Waals surface area contributed by atoms with Crippen molar-refractivity contribution < 1.29 is 9.59 Å². The van der Waals surface area contributed by atoms with Crippen LogP contribution < -0.4 is 5.32 Å². The monoisotopic (exact) mass is 321 g/mol. The van der Waals surface area contributed by atoms with E-state index in [4.69, 9.17) is 0 Å². The average Bonchev–Trinajstić information content (AvgIpc) is 2.80. The van der Waals surface area contributed by atoms with Gasteiger partial charge in [-0.2, -0.15) is 0 Å². The number of hydrogen-bond donors (Lipinski definition) is 1. The van der Waals surface area contributed by atoms with Gasteiger partial charge in [-0.25, -0.2) is 0 Å². The number of rotatable bonds is 6. The van der Waals surface area contributed by atoms with Crippen molar-refractivity contribution in [2.45, 2.75) is 12.3 Å². The summed E-state index contributed by atoms with van der Waals surface area (Å²) in [7, 11) is 3.92. The van der Waals surface area contributed by atoms with Crippen LogP contribution in [-0.2, 0) is 9.59 Å². The smallest absolute Gasteiger partial charge is 0.239 e. The Labute approximate surface area is 136 Å². The number of nitrogens with zero attached hydrogens (tertiary/aromatic N) is 2. The highest BCUT2D eigenvalue weighted by atomic mass is 32.2. The molecule has 0 unspecified atom stereocenters. The van der Waals surface area contributed by atoms with Crippen LogP contribution in [0.5, 0.6) is 0 Å². The van der Waals surface area contributed by atoms with Crippen LogP contribution in [0, 0.1) is 6.92 Å². The molecule has 5 nitrogen and oxygen atoms in total. The van der Waals surface area contributed by atoms with Crippen LogP contribution in [0.15, 0.2) is 24.3 Å². The maximum absolute atomic E-state index is 12.1. The topological polar surface area (TPSA) is 52.7 Å². The minimum absolute atomic E-state index is 0.0287. The number of carbonyl (C=O) groups excluding carboxylic acids is 2. The number of aryl methyl sites for hydroxylation is 1. The zero-order valence-corrected chi connectivity index (χ0v) is 14.2. The lowest BCUT2D eigenvalue weighted by atomic mass is 10.1. The molecule has 1 aromatic rings. The summed E-state index contributed by atoms with van der Waals surface area (Å²) in [5, 5.41) is 2.80. The predicted molar refractivity (Wildman–Crippen MR) is 89.7 cm³/mol. The summed E-state index contributed by atoms with van der Waals surface area (Å²) in [5.74, 6) is 0.363. The fourth-order valence-corrected chi connectivity index (χ4v) is 3.66. The largest absolute Gasteiger partial charge is 0.353 e. The lowest BCUT2D eigenvalue weighted by Crippen LogP contribution is -2.41. The third-order valence-electron chi connectivity index (χ3n) is 3.62. The average molecular weight is 321 g/mol. The molecule has 0 spiro atoms. The van der Waals surface area contributed by atoms with Gasteiger partial charge in [0.25, 0.3) is 0 Å². The number of thioether (sulfide) groups is 1. The zero-order chi connectivity index (χ0) is 16.1. The van der Waals surface area contributed by atoms with E-state index in [-0.39, 0.29) is 23.7 Å². The van der Waals surface area contributed by atoms with Crippen LogP contribution in [0.1, 0.15) is 16.5 Å². The van der Waals surface area contributed by atoms with Gasteiger partial charge in [-0.3, -0.25) is 9.59 Å². The summed E-state index contributed by atoms with van der Waals surface area (Å²) in [6, 6.07) is 8.02. The van der Waals surface area contributed by atoms with Crippen LogP contribution in [0.25, 0.3) is 0 Å². The van der Waals surface area contributed by atoms with Gasteiger partial charge in [0, 0.05) is 13.1 Å². The van der Waals surface area contributed by atoms with Gasteiger partial charge in [-0.15, -0.1) is 11.8 Å². The summed E-state index contributed by atoms with van der Waals surface area (Å²) in [4.78, 5) is 27.8. The molecule has 1 aromatic carbocycles. The maximum atomic E-state index is 12.1. The predicted octanol–water partition coefficient (Wildman–Crippen LogP) is 1.25. The molecule has 1 atom stereocenters. The molecule has 1 aliphatic heterocycles. The van der Waals surface area contributed by atoms with Crippen LogP contribution in [0.3, 0.4) is 0 Å². The van der Waals surface area contributed by atoms with E-state index >= 15 is 0 Å². The molecule has 2 rings (SSSR count). The molecule has 22 heavy (non-hydrogen) atoms. The number of likely N-dealkylation sites (N-methyl/N-ethyl adjacent to an activating group) is 1. The Hall–Kier alpha value is -1.53. The molecule has 1 fully saturated rings. The number of amides is 2. The molecular weight excluding hydrogens is 298 g/mol. The minimum Gasteiger partial charge on any atom is -0.353 e. The van der Waals surface area contributed by atoms with E-state index in [0.717, 1.165) is 17.7 Å². The summed E-state index contributed by atoms with van der Waals surface area (Å²) in [6.07, 6.45) is 0. The molecule has 1 N–H and O–H groups in total. The van der Waals surface area contributed by atoms with Crippen molar-refractivity contribution in [1.29, 1.82) is 0 Å². The molecule has 0 bridgehead atoms. The van der Waals surface area contributed by atoms with Gasteiger partial charge in [0.1, 0.15) is 11.9 Å². The van der Waals surface area contributed by atoms with E-state index in [0.29, 0.717) is 12.3 Å². The number of nitrogens with one attached hydrogen (secondary N) is 1. The third kappa shape index (κ3) is 4.24. The molecule has 1 heterocycles. The van der Waals surface area contributed by atoms with Crippen molar-refractivity contribution in [3.63, 3.8) is 0 Å². The summed E-state index contributed by atoms with van der Waals surface area (Å²) in [5.41, 5.74) is 2.26. The minimum atomic E-state index is -0.101. The van der Waals surface area contributed by atoms with Gasteiger partial charge in [0.2, 0.25) is 11.8 Å². The first-order valence-electron chi connectivity index (χ1n) is 7.37. The molecule has 0 aromatic heterocycles. The highest BCUT2D eigenvalue weighted by Crippen LogP contribution is 2.39. The molecule has 0 saturated carbocycles. The molecule has 1 saturated heterocycles. The van der Waals surface area contributed by atoms with Crippen LogP contribution >= 0.6 is 11.8 Å². The Bertz CT molecular complexity index is 548. The lowest BCUT2D eigenvalue weighted by Gasteiger charge is -2.25. The molecule has 0 radical (unpaired) electrons. The normalized spacial score (nSPS) is 18.1. The van der Waals surface area contributed by atoms with E-state index in [9.17, 15) is 9.59 Å². The summed E-state index contributed by atoms with van der Waals surface area (Å²) in [6.45, 7) is 3.54. The van der Waals surface area contributed by atoms with E-state index in [1.807, 2.05) is 50.2 Å². The second kappa shape index (κ2) is 7.65. The molecular formula is C16H23N3O2S. The van der Waals surface area contributed by atoms with Gasteiger partial charge in [0.15, 0.2) is 0 Å². The van der Waals surface area contributed by atoms with Gasteiger partial charge in [0.05, 0.1) is 5.75 Å². The Balaban J connectivity index is 2.00. The fourth-order valence-electron chi connectivity index (χ4n) is 2.38. The van der Waals surface area contributed by atoms with Crippen molar-refractivity contribution in [3.05, 3.63) is 35.4 Å². The van der Waals surface area contributed by atoms with Gasteiger partial charge >= 0.3 is 0 Å². The van der Waals surface area contributed by atoms with Crippen molar-refractivity contribution in [2.75, 3.05) is 39.5 Å². The summed E-state index contributed by atoms with van der Waals surface area (Å²) >= 11 is 1.58. The second-order valence-corrected chi connectivity index (χ2v) is 6.76. The van der Waals surface area contributed by atoms with E-state index in [1.54, 1.807) is 16.7 Å². The maximum Gasteiger partial charge on any atom is 0.239 e. The van der Waals surface area contributed by atoms with E-state index in [1.165, 1.54) is 0 Å². The van der Waals surface area contributed by atoms with Crippen molar-refractivity contribution >= 4 is 23.6 Å². The SMILES string of the molecule is Cc1ccccc1[C@@H]1SCC(=O)N1CC(=O)NCCN(C)C. The van der Waals surface area contributed by atoms with Crippen molar-refractivity contribution in [2.24, 2.45) is 0 Å². The molecule has 0 aliphatic carbocycles. The zero-order valence-electron chi connectivity index (χ0n) is 13.3. The van der Waals surface area contributed by atoms with Crippen LogP contribution in [-0.4, -0.2) is 61.1 Å². The van der Waals surface area contributed by atoms with Gasteiger partial charge in [-0.1, -0.05) is 24.3 Å². The lowest BCUT2D eigenvalue weighted by molar-refractivity contribution is -0.133. The van der Waals surface area contributed by atoms with Crippen molar-refractivity contribution in [3.8, 4) is 0 Å². The Kier molecular flexibility index (Phi) is 5.85. The van der Waals surface area contributed by atoms with Crippen molar-refractivity contribution in [1.82, 2.24) is 15.1 Å². The second-order valence-electron chi connectivity index (χ2n) is 5.69. The molecule has 6 heteroatoms. The quantitative estimate of drug-likeness (QED) is 0.857. The van der Waals surface area contributed by atoms with E-state index < -0.39 is 0 Å². The van der Waals surface area contributed by atoms with Crippen LogP contribution in [0.2, 0.25) is 0 Å². The first-order valence-corrected chi connectivity index (χ1v) is 8.42.